The summed E-state index contributed by atoms with van der Waals surface area (Å²) in [7, 11) is 0. The van der Waals surface area contributed by atoms with Crippen LogP contribution in [0.25, 0.3) is 11.5 Å². The Hall–Kier alpha value is -3.16. The van der Waals surface area contributed by atoms with Gasteiger partial charge >= 0.3 is 5.97 Å². The van der Waals surface area contributed by atoms with E-state index >= 15 is 0 Å². The van der Waals surface area contributed by atoms with E-state index in [1.165, 1.54) is 0 Å². The smallest absolute Gasteiger partial charge is 0.329 e. The minimum Gasteiger partial charge on any atom is -0.493 e. The number of hydrogen-bond donors (Lipinski definition) is 1. The van der Waals surface area contributed by atoms with Crippen molar-refractivity contribution in [2.45, 2.75) is 32.8 Å². The van der Waals surface area contributed by atoms with E-state index in [9.17, 15) is 4.79 Å². The average Bonchev–Trinajstić information content (AvgIpc) is 3.17. The zero-order valence-electron chi connectivity index (χ0n) is 18.5. The lowest BCUT2D eigenvalue weighted by Gasteiger charge is -2.18. The third-order valence-electron chi connectivity index (χ3n) is 4.89. The highest BCUT2D eigenvalue weighted by atomic mass is 16.5. The predicted octanol–water partition coefficient (Wildman–Crippen LogP) is 4.84. The molecule has 0 fully saturated rings. The minimum atomic E-state index is -0.975. The van der Waals surface area contributed by atoms with Gasteiger partial charge in [0.15, 0.2) is 0 Å². The molecule has 0 radical (unpaired) electrons. The molecule has 0 amide bonds. The molecule has 0 spiro atoms. The van der Waals surface area contributed by atoms with Crippen LogP contribution >= 0.6 is 0 Å². The van der Waals surface area contributed by atoms with Crippen molar-refractivity contribution in [1.82, 2.24) is 4.98 Å². The quantitative estimate of drug-likeness (QED) is 0.381. The fraction of sp³-hybridized carbons (Fsp3) is 0.360. The number of rotatable bonds is 13. The van der Waals surface area contributed by atoms with E-state index in [0.717, 1.165) is 28.3 Å². The zero-order chi connectivity index (χ0) is 22.8. The van der Waals surface area contributed by atoms with Gasteiger partial charge in [0, 0.05) is 25.0 Å². The number of benzene rings is 2. The summed E-state index contributed by atoms with van der Waals surface area (Å²) in [5, 5.41) is 8.66. The number of carboxylic acids is 1. The number of oxazole rings is 1. The Kier molecular flexibility index (Phi) is 8.83. The van der Waals surface area contributed by atoms with E-state index in [-0.39, 0.29) is 12.7 Å². The molecule has 0 bridgehead atoms. The SMILES string of the molecule is CCOC(CCOCC(=O)O)c1ccc(OCCc2nc(-c3ccccc3)oc2C)cc1. The molecule has 170 valence electrons. The lowest BCUT2D eigenvalue weighted by molar-refractivity contribution is -0.142. The van der Waals surface area contributed by atoms with Crippen molar-refractivity contribution in [1.29, 1.82) is 0 Å². The Morgan fingerprint density at radius 3 is 2.53 bits per heavy atom. The second-order valence-corrected chi connectivity index (χ2v) is 7.23. The molecule has 0 aliphatic heterocycles. The van der Waals surface area contributed by atoms with Gasteiger partial charge in [0.2, 0.25) is 5.89 Å². The summed E-state index contributed by atoms with van der Waals surface area (Å²) in [5.74, 6) is 1.20. The van der Waals surface area contributed by atoms with Crippen molar-refractivity contribution < 1.29 is 28.5 Å². The average molecular weight is 440 g/mol. The number of carboxylic acid groups (broad SMARTS) is 1. The normalized spacial score (nSPS) is 11.9. The van der Waals surface area contributed by atoms with Crippen LogP contribution in [-0.2, 0) is 20.7 Å². The Bertz CT molecular complexity index is 968. The molecule has 7 nitrogen and oxygen atoms in total. The maximum atomic E-state index is 10.6. The van der Waals surface area contributed by atoms with Crippen molar-refractivity contribution in [2.24, 2.45) is 0 Å². The van der Waals surface area contributed by atoms with Crippen LogP contribution < -0.4 is 4.74 Å². The molecular weight excluding hydrogens is 410 g/mol. The van der Waals surface area contributed by atoms with Crippen LogP contribution in [0.4, 0.5) is 0 Å². The first-order valence-corrected chi connectivity index (χ1v) is 10.7. The highest BCUT2D eigenvalue weighted by Crippen LogP contribution is 2.25. The molecule has 2 aromatic carbocycles. The summed E-state index contributed by atoms with van der Waals surface area (Å²) < 4.78 is 22.6. The summed E-state index contributed by atoms with van der Waals surface area (Å²) in [5.41, 5.74) is 2.84. The van der Waals surface area contributed by atoms with Gasteiger partial charge in [0.1, 0.15) is 18.1 Å². The van der Waals surface area contributed by atoms with Gasteiger partial charge in [-0.2, -0.15) is 0 Å². The Labute approximate surface area is 188 Å². The number of hydrogen-bond acceptors (Lipinski definition) is 6. The Balaban J connectivity index is 1.51. The van der Waals surface area contributed by atoms with Crippen LogP contribution in [0, 0.1) is 6.92 Å². The summed E-state index contributed by atoms with van der Waals surface area (Å²) >= 11 is 0. The highest BCUT2D eigenvalue weighted by molar-refractivity contribution is 5.67. The molecule has 1 unspecified atom stereocenters. The van der Waals surface area contributed by atoms with Gasteiger partial charge in [0.25, 0.3) is 0 Å². The lowest BCUT2D eigenvalue weighted by Crippen LogP contribution is -2.12. The van der Waals surface area contributed by atoms with Crippen molar-refractivity contribution in [3.63, 3.8) is 0 Å². The maximum Gasteiger partial charge on any atom is 0.329 e. The molecule has 3 aromatic rings. The van der Waals surface area contributed by atoms with Gasteiger partial charge in [-0.15, -0.1) is 0 Å². The molecule has 1 atom stereocenters. The van der Waals surface area contributed by atoms with Crippen molar-refractivity contribution in [2.75, 3.05) is 26.4 Å². The number of aryl methyl sites for hydroxylation is 1. The van der Waals surface area contributed by atoms with Gasteiger partial charge in [-0.1, -0.05) is 30.3 Å². The third kappa shape index (κ3) is 6.93. The van der Waals surface area contributed by atoms with E-state index in [2.05, 4.69) is 4.98 Å². The topological polar surface area (TPSA) is 91.0 Å². The molecule has 0 aliphatic rings. The van der Waals surface area contributed by atoms with Crippen molar-refractivity contribution in [3.8, 4) is 17.2 Å². The second-order valence-electron chi connectivity index (χ2n) is 7.23. The summed E-state index contributed by atoms with van der Waals surface area (Å²) in [4.78, 5) is 15.2. The van der Waals surface area contributed by atoms with Crippen molar-refractivity contribution >= 4 is 5.97 Å². The number of aliphatic carboxylic acids is 1. The molecule has 1 N–H and O–H groups in total. The van der Waals surface area contributed by atoms with E-state index in [4.69, 9.17) is 23.7 Å². The van der Waals surface area contributed by atoms with Crippen LogP contribution in [0.2, 0.25) is 0 Å². The molecule has 1 heterocycles. The Morgan fingerprint density at radius 1 is 1.09 bits per heavy atom. The standard InChI is InChI=1S/C25H29NO6/c1-3-30-23(14-15-29-17-24(27)28)19-9-11-21(12-10-19)31-16-13-22-18(2)32-25(26-22)20-7-5-4-6-8-20/h4-12,23H,3,13-17H2,1-2H3,(H,27,28). The third-order valence-corrected chi connectivity index (χ3v) is 4.89. The summed E-state index contributed by atoms with van der Waals surface area (Å²) in [6.45, 7) is 4.90. The highest BCUT2D eigenvalue weighted by Gasteiger charge is 2.13. The minimum absolute atomic E-state index is 0.156. The first kappa shape index (κ1) is 23.5. The molecule has 7 heteroatoms. The van der Waals surface area contributed by atoms with Gasteiger partial charge in [-0.3, -0.25) is 0 Å². The molecule has 0 saturated carbocycles. The first-order chi connectivity index (χ1) is 15.6. The van der Waals surface area contributed by atoms with E-state index in [1.54, 1.807) is 0 Å². The van der Waals surface area contributed by atoms with E-state index < -0.39 is 5.97 Å². The monoisotopic (exact) mass is 439 g/mol. The van der Waals surface area contributed by atoms with Gasteiger partial charge < -0.3 is 23.7 Å². The number of aromatic nitrogens is 1. The number of carbonyl (C=O) groups is 1. The summed E-state index contributed by atoms with van der Waals surface area (Å²) in [6.07, 6.45) is 1.07. The maximum absolute atomic E-state index is 10.6. The van der Waals surface area contributed by atoms with Crippen LogP contribution in [0.1, 0.15) is 36.5 Å². The molecular formula is C25H29NO6. The lowest BCUT2D eigenvalue weighted by atomic mass is 10.1. The van der Waals surface area contributed by atoms with Crippen LogP contribution in [0.5, 0.6) is 5.75 Å². The Morgan fingerprint density at radius 2 is 1.84 bits per heavy atom. The van der Waals surface area contributed by atoms with Gasteiger partial charge in [-0.25, -0.2) is 9.78 Å². The largest absolute Gasteiger partial charge is 0.493 e. The molecule has 32 heavy (non-hydrogen) atoms. The van der Waals surface area contributed by atoms with Crippen LogP contribution in [0.15, 0.2) is 59.0 Å². The van der Waals surface area contributed by atoms with Crippen molar-refractivity contribution in [3.05, 3.63) is 71.6 Å². The fourth-order valence-electron chi connectivity index (χ4n) is 3.31. The van der Waals surface area contributed by atoms with Gasteiger partial charge in [-0.05, 0) is 43.7 Å². The molecule has 3 rings (SSSR count). The summed E-state index contributed by atoms with van der Waals surface area (Å²) in [6, 6.07) is 17.6. The predicted molar refractivity (Wildman–Crippen MR) is 120 cm³/mol. The first-order valence-electron chi connectivity index (χ1n) is 10.7. The molecule has 0 aliphatic carbocycles. The van der Waals surface area contributed by atoms with Gasteiger partial charge in [0.05, 0.1) is 25.0 Å². The number of ether oxygens (including phenoxy) is 3. The van der Waals surface area contributed by atoms with Crippen LogP contribution in [-0.4, -0.2) is 42.5 Å². The van der Waals surface area contributed by atoms with E-state index in [0.29, 0.717) is 38.6 Å². The van der Waals surface area contributed by atoms with Crippen LogP contribution in [0.3, 0.4) is 0 Å². The second kappa shape index (κ2) is 12.0. The fourth-order valence-corrected chi connectivity index (χ4v) is 3.31. The number of nitrogens with zero attached hydrogens (tertiary/aromatic N) is 1. The molecule has 0 saturated heterocycles. The van der Waals surface area contributed by atoms with E-state index in [1.807, 2.05) is 68.4 Å². The zero-order valence-corrected chi connectivity index (χ0v) is 18.5. The molecule has 1 aromatic heterocycles.